The number of hydrogen-bond donors (Lipinski definition) is 1. The Balaban J connectivity index is 2.31. The molecule has 1 amide bonds. The number of benzene rings is 1. The van der Waals surface area contributed by atoms with Crippen LogP contribution in [-0.4, -0.2) is 5.91 Å². The summed E-state index contributed by atoms with van der Waals surface area (Å²) in [7, 11) is 0. The van der Waals surface area contributed by atoms with E-state index in [0.29, 0.717) is 12.3 Å². The molecule has 1 atom stereocenters. The summed E-state index contributed by atoms with van der Waals surface area (Å²) in [5, 5.41) is 2.91. The van der Waals surface area contributed by atoms with Gasteiger partial charge in [-0.3, -0.25) is 4.79 Å². The van der Waals surface area contributed by atoms with Crippen molar-refractivity contribution in [2.45, 2.75) is 39.5 Å². The fourth-order valence-corrected chi connectivity index (χ4v) is 1.70. The fourth-order valence-electron chi connectivity index (χ4n) is 1.70. The van der Waals surface area contributed by atoms with Crippen LogP contribution in [0.3, 0.4) is 0 Å². The van der Waals surface area contributed by atoms with Gasteiger partial charge in [-0.05, 0) is 18.1 Å². The Morgan fingerprint density at radius 1 is 1.31 bits per heavy atom. The largest absolute Gasteiger partial charge is 0.326 e. The number of para-hydroxylation sites is 1. The average molecular weight is 219 g/mol. The van der Waals surface area contributed by atoms with Gasteiger partial charge < -0.3 is 5.32 Å². The average Bonchev–Trinajstić information content (AvgIpc) is 2.27. The lowest BCUT2D eigenvalue weighted by molar-refractivity contribution is -0.117. The van der Waals surface area contributed by atoms with Crippen LogP contribution in [0, 0.1) is 5.92 Å². The Bertz CT molecular complexity index is 308. The molecule has 0 aliphatic rings. The predicted octanol–water partition coefficient (Wildman–Crippen LogP) is 3.84. The van der Waals surface area contributed by atoms with Gasteiger partial charge in [0.2, 0.25) is 5.91 Å². The molecule has 2 heteroatoms. The van der Waals surface area contributed by atoms with E-state index in [1.165, 1.54) is 12.8 Å². The summed E-state index contributed by atoms with van der Waals surface area (Å²) in [6.07, 6.45) is 4.16. The molecule has 16 heavy (non-hydrogen) atoms. The van der Waals surface area contributed by atoms with E-state index in [4.69, 9.17) is 0 Å². The van der Waals surface area contributed by atoms with Crippen molar-refractivity contribution in [3.63, 3.8) is 0 Å². The molecule has 1 aromatic carbocycles. The molecule has 0 aliphatic heterocycles. The van der Waals surface area contributed by atoms with Crippen LogP contribution in [0.25, 0.3) is 0 Å². The first-order valence-electron chi connectivity index (χ1n) is 6.07. The van der Waals surface area contributed by atoms with Crippen LogP contribution in [-0.2, 0) is 4.79 Å². The van der Waals surface area contributed by atoms with Crippen molar-refractivity contribution < 1.29 is 4.79 Å². The summed E-state index contributed by atoms with van der Waals surface area (Å²) in [4.78, 5) is 11.7. The SMILES string of the molecule is CCCCC(C)CC(=O)Nc1ccccc1. The van der Waals surface area contributed by atoms with Crippen LogP contribution >= 0.6 is 0 Å². The van der Waals surface area contributed by atoms with E-state index >= 15 is 0 Å². The molecular weight excluding hydrogens is 198 g/mol. The van der Waals surface area contributed by atoms with Gasteiger partial charge in [0.05, 0.1) is 0 Å². The molecule has 0 fully saturated rings. The molecule has 0 aromatic heterocycles. The number of carbonyl (C=O) groups is 1. The molecule has 0 saturated carbocycles. The molecule has 2 nitrogen and oxygen atoms in total. The summed E-state index contributed by atoms with van der Waals surface area (Å²) >= 11 is 0. The molecular formula is C14H21NO. The second-order valence-corrected chi connectivity index (χ2v) is 4.37. The number of anilines is 1. The number of amides is 1. The molecule has 0 bridgehead atoms. The highest BCUT2D eigenvalue weighted by molar-refractivity contribution is 5.90. The Kier molecular flexibility index (Phi) is 5.62. The normalized spacial score (nSPS) is 12.1. The Morgan fingerprint density at radius 3 is 2.62 bits per heavy atom. The Morgan fingerprint density at radius 2 is 2.00 bits per heavy atom. The van der Waals surface area contributed by atoms with E-state index in [0.717, 1.165) is 12.1 Å². The molecule has 1 aromatic rings. The molecule has 0 aliphatic carbocycles. The van der Waals surface area contributed by atoms with Crippen molar-refractivity contribution in [2.75, 3.05) is 5.32 Å². The third-order valence-corrected chi connectivity index (χ3v) is 2.64. The minimum Gasteiger partial charge on any atom is -0.326 e. The first-order valence-corrected chi connectivity index (χ1v) is 6.07. The summed E-state index contributed by atoms with van der Waals surface area (Å²) in [6.45, 7) is 4.32. The predicted molar refractivity (Wildman–Crippen MR) is 68.4 cm³/mol. The van der Waals surface area contributed by atoms with Crippen molar-refractivity contribution in [2.24, 2.45) is 5.92 Å². The van der Waals surface area contributed by atoms with Gasteiger partial charge in [-0.1, -0.05) is 51.3 Å². The van der Waals surface area contributed by atoms with Crippen LogP contribution < -0.4 is 5.32 Å². The lowest BCUT2D eigenvalue weighted by Gasteiger charge is -2.10. The zero-order valence-electron chi connectivity index (χ0n) is 10.2. The van der Waals surface area contributed by atoms with Crippen molar-refractivity contribution in [1.82, 2.24) is 0 Å². The Labute approximate surface area is 98.1 Å². The summed E-state index contributed by atoms with van der Waals surface area (Å²) < 4.78 is 0. The zero-order chi connectivity index (χ0) is 11.8. The van der Waals surface area contributed by atoms with Gasteiger partial charge in [0.15, 0.2) is 0 Å². The van der Waals surface area contributed by atoms with Crippen molar-refractivity contribution in [3.8, 4) is 0 Å². The van der Waals surface area contributed by atoms with Crippen molar-refractivity contribution in [1.29, 1.82) is 0 Å². The van der Waals surface area contributed by atoms with Gasteiger partial charge in [-0.25, -0.2) is 0 Å². The van der Waals surface area contributed by atoms with Gasteiger partial charge in [-0.2, -0.15) is 0 Å². The summed E-state index contributed by atoms with van der Waals surface area (Å²) in [5.74, 6) is 0.596. The maximum absolute atomic E-state index is 11.7. The summed E-state index contributed by atoms with van der Waals surface area (Å²) in [6, 6.07) is 9.62. The fraction of sp³-hybridized carbons (Fsp3) is 0.500. The highest BCUT2D eigenvalue weighted by Crippen LogP contribution is 2.13. The van der Waals surface area contributed by atoms with E-state index in [-0.39, 0.29) is 5.91 Å². The third-order valence-electron chi connectivity index (χ3n) is 2.64. The topological polar surface area (TPSA) is 29.1 Å². The van der Waals surface area contributed by atoms with E-state index in [9.17, 15) is 4.79 Å². The molecule has 0 spiro atoms. The molecule has 0 heterocycles. The van der Waals surface area contributed by atoms with Crippen LogP contribution in [0.2, 0.25) is 0 Å². The molecule has 1 unspecified atom stereocenters. The van der Waals surface area contributed by atoms with Crippen molar-refractivity contribution in [3.05, 3.63) is 30.3 Å². The minimum atomic E-state index is 0.120. The number of hydrogen-bond acceptors (Lipinski definition) is 1. The monoisotopic (exact) mass is 219 g/mol. The highest BCUT2D eigenvalue weighted by atomic mass is 16.1. The molecule has 88 valence electrons. The van der Waals surface area contributed by atoms with Gasteiger partial charge in [0.25, 0.3) is 0 Å². The zero-order valence-corrected chi connectivity index (χ0v) is 10.2. The standard InChI is InChI=1S/C14H21NO/c1-3-4-8-12(2)11-14(16)15-13-9-6-5-7-10-13/h5-7,9-10,12H,3-4,8,11H2,1-2H3,(H,15,16). The van der Waals surface area contributed by atoms with E-state index in [1.54, 1.807) is 0 Å². The number of rotatable bonds is 6. The first-order chi connectivity index (χ1) is 7.72. The van der Waals surface area contributed by atoms with Gasteiger partial charge in [-0.15, -0.1) is 0 Å². The van der Waals surface area contributed by atoms with Gasteiger partial charge in [0, 0.05) is 12.1 Å². The number of unbranched alkanes of at least 4 members (excludes halogenated alkanes) is 1. The third kappa shape index (κ3) is 4.96. The number of nitrogens with one attached hydrogen (secondary N) is 1. The lowest BCUT2D eigenvalue weighted by atomic mass is 10.0. The maximum Gasteiger partial charge on any atom is 0.224 e. The smallest absolute Gasteiger partial charge is 0.224 e. The second-order valence-electron chi connectivity index (χ2n) is 4.37. The minimum absolute atomic E-state index is 0.120. The van der Waals surface area contributed by atoms with Gasteiger partial charge >= 0.3 is 0 Å². The van der Waals surface area contributed by atoms with Crippen LogP contribution in [0.4, 0.5) is 5.69 Å². The number of carbonyl (C=O) groups excluding carboxylic acids is 1. The van der Waals surface area contributed by atoms with Crippen molar-refractivity contribution >= 4 is 11.6 Å². The van der Waals surface area contributed by atoms with E-state index < -0.39 is 0 Å². The first kappa shape index (κ1) is 12.8. The molecule has 0 saturated heterocycles. The summed E-state index contributed by atoms with van der Waals surface area (Å²) in [5.41, 5.74) is 0.884. The highest BCUT2D eigenvalue weighted by Gasteiger charge is 2.08. The quantitative estimate of drug-likeness (QED) is 0.773. The Hall–Kier alpha value is -1.31. The van der Waals surface area contributed by atoms with E-state index in [1.807, 2.05) is 30.3 Å². The molecule has 1 rings (SSSR count). The van der Waals surface area contributed by atoms with Crippen LogP contribution in [0.5, 0.6) is 0 Å². The second kappa shape index (κ2) is 7.04. The molecule has 1 N–H and O–H groups in total. The lowest BCUT2D eigenvalue weighted by Crippen LogP contribution is -2.15. The van der Waals surface area contributed by atoms with Gasteiger partial charge in [0.1, 0.15) is 0 Å². The van der Waals surface area contributed by atoms with Crippen LogP contribution in [0.1, 0.15) is 39.5 Å². The maximum atomic E-state index is 11.7. The van der Waals surface area contributed by atoms with E-state index in [2.05, 4.69) is 19.2 Å². The molecule has 0 radical (unpaired) electrons. The van der Waals surface area contributed by atoms with Crippen LogP contribution in [0.15, 0.2) is 30.3 Å².